The molecule has 0 radical (unpaired) electrons. The van der Waals surface area contributed by atoms with Crippen LogP contribution >= 0.6 is 0 Å². The Morgan fingerprint density at radius 2 is 2.04 bits per heavy atom. The smallest absolute Gasteiger partial charge is 0.337 e. The summed E-state index contributed by atoms with van der Waals surface area (Å²) < 4.78 is 0. The Kier molecular flexibility index (Phi) is 5.51. The highest BCUT2D eigenvalue weighted by Gasteiger charge is 2.11. The van der Waals surface area contributed by atoms with Crippen LogP contribution in [0.1, 0.15) is 35.9 Å². The Hall–Kier alpha value is -2.63. The number of nitrogens with zero attached hydrogens (tertiary/aromatic N) is 3. The molecule has 0 amide bonds. The summed E-state index contributed by atoms with van der Waals surface area (Å²) in [5.74, 6) is 1.08. The van der Waals surface area contributed by atoms with Gasteiger partial charge in [-0.25, -0.2) is 14.8 Å². The van der Waals surface area contributed by atoms with Crippen LogP contribution in [0.4, 0.5) is 17.3 Å². The van der Waals surface area contributed by atoms with E-state index in [0.29, 0.717) is 17.3 Å². The zero-order valence-corrected chi connectivity index (χ0v) is 13.7. The summed E-state index contributed by atoms with van der Waals surface area (Å²) in [6.45, 7) is 4.89. The van der Waals surface area contributed by atoms with Gasteiger partial charge in [0.15, 0.2) is 0 Å². The first-order valence-electron chi connectivity index (χ1n) is 7.67. The monoisotopic (exact) mass is 314 g/mol. The second-order valence-electron chi connectivity index (χ2n) is 5.41. The number of hydrogen-bond acceptors (Lipinski definition) is 5. The number of anilines is 3. The van der Waals surface area contributed by atoms with Crippen LogP contribution in [-0.4, -0.2) is 34.6 Å². The Labute approximate surface area is 136 Å². The SMILES string of the molecule is CCCCN(C)c1cc(Nc2ccccc2C(=O)O)nc(C)n1. The number of hydrogen-bond donors (Lipinski definition) is 2. The van der Waals surface area contributed by atoms with Crippen molar-refractivity contribution in [2.75, 3.05) is 23.8 Å². The average molecular weight is 314 g/mol. The second-order valence-corrected chi connectivity index (χ2v) is 5.41. The summed E-state index contributed by atoms with van der Waals surface area (Å²) in [6, 6.07) is 8.61. The number of rotatable bonds is 7. The molecular weight excluding hydrogens is 292 g/mol. The van der Waals surface area contributed by atoms with E-state index < -0.39 is 5.97 Å². The van der Waals surface area contributed by atoms with Crippen molar-refractivity contribution in [2.24, 2.45) is 0 Å². The zero-order valence-electron chi connectivity index (χ0n) is 13.7. The number of carboxylic acids is 1. The van der Waals surface area contributed by atoms with Crippen molar-refractivity contribution in [3.05, 3.63) is 41.7 Å². The van der Waals surface area contributed by atoms with E-state index in [9.17, 15) is 9.90 Å². The third-order valence-corrected chi connectivity index (χ3v) is 3.48. The third-order valence-electron chi connectivity index (χ3n) is 3.48. The lowest BCUT2D eigenvalue weighted by molar-refractivity contribution is 0.0698. The first-order chi connectivity index (χ1) is 11.0. The standard InChI is InChI=1S/C17H22N4O2/c1-4-5-10-21(3)16-11-15(18-12(2)19-16)20-14-9-7-6-8-13(14)17(22)23/h6-9,11H,4-5,10H2,1-3H3,(H,22,23)(H,18,19,20). The van der Waals surface area contributed by atoms with Gasteiger partial charge in [0.05, 0.1) is 11.3 Å². The quantitative estimate of drug-likeness (QED) is 0.815. The van der Waals surface area contributed by atoms with Gasteiger partial charge in [0, 0.05) is 19.7 Å². The molecule has 0 atom stereocenters. The number of nitrogens with one attached hydrogen (secondary N) is 1. The van der Waals surface area contributed by atoms with E-state index >= 15 is 0 Å². The van der Waals surface area contributed by atoms with Gasteiger partial charge >= 0.3 is 5.97 Å². The van der Waals surface area contributed by atoms with Crippen LogP contribution in [-0.2, 0) is 0 Å². The van der Waals surface area contributed by atoms with Crippen LogP contribution in [0.15, 0.2) is 30.3 Å². The lowest BCUT2D eigenvalue weighted by atomic mass is 10.2. The molecule has 6 nitrogen and oxygen atoms in total. The number of para-hydroxylation sites is 1. The van der Waals surface area contributed by atoms with Gasteiger partial charge < -0.3 is 15.3 Å². The van der Waals surface area contributed by atoms with E-state index in [4.69, 9.17) is 0 Å². The molecule has 1 aromatic carbocycles. The minimum absolute atomic E-state index is 0.213. The largest absolute Gasteiger partial charge is 0.478 e. The van der Waals surface area contributed by atoms with Crippen molar-refractivity contribution in [2.45, 2.75) is 26.7 Å². The summed E-state index contributed by atoms with van der Waals surface area (Å²) in [5.41, 5.74) is 0.727. The minimum atomic E-state index is -0.973. The summed E-state index contributed by atoms with van der Waals surface area (Å²) in [7, 11) is 1.99. The number of benzene rings is 1. The first kappa shape index (κ1) is 16.7. The van der Waals surface area contributed by atoms with E-state index in [1.807, 2.05) is 20.0 Å². The Morgan fingerprint density at radius 3 is 2.74 bits per heavy atom. The number of aromatic nitrogens is 2. The molecule has 0 fully saturated rings. The fourth-order valence-corrected chi connectivity index (χ4v) is 2.24. The highest BCUT2D eigenvalue weighted by Crippen LogP contribution is 2.22. The van der Waals surface area contributed by atoms with Crippen molar-refractivity contribution >= 4 is 23.3 Å². The maximum Gasteiger partial charge on any atom is 0.337 e. The van der Waals surface area contributed by atoms with Crippen LogP contribution in [0.5, 0.6) is 0 Å². The fraction of sp³-hybridized carbons (Fsp3) is 0.353. The lowest BCUT2D eigenvalue weighted by Crippen LogP contribution is -2.20. The van der Waals surface area contributed by atoms with Gasteiger partial charge in [0.2, 0.25) is 0 Å². The van der Waals surface area contributed by atoms with Crippen molar-refractivity contribution in [1.29, 1.82) is 0 Å². The fourth-order valence-electron chi connectivity index (χ4n) is 2.24. The topological polar surface area (TPSA) is 78.4 Å². The molecule has 0 aliphatic rings. The summed E-state index contributed by atoms with van der Waals surface area (Å²) in [4.78, 5) is 22.2. The molecule has 0 aliphatic heterocycles. The van der Waals surface area contributed by atoms with Crippen molar-refractivity contribution in [1.82, 2.24) is 9.97 Å². The Balaban J connectivity index is 2.27. The predicted molar refractivity (Wildman–Crippen MR) is 91.6 cm³/mol. The number of carbonyl (C=O) groups is 1. The molecule has 23 heavy (non-hydrogen) atoms. The highest BCUT2D eigenvalue weighted by atomic mass is 16.4. The van der Waals surface area contributed by atoms with Crippen LogP contribution in [0.3, 0.4) is 0 Å². The number of unbranched alkanes of at least 4 members (excludes halogenated alkanes) is 1. The first-order valence-corrected chi connectivity index (χ1v) is 7.67. The molecule has 0 spiro atoms. The maximum absolute atomic E-state index is 11.3. The minimum Gasteiger partial charge on any atom is -0.478 e. The molecule has 0 bridgehead atoms. The predicted octanol–water partition coefficient (Wildman–Crippen LogP) is 3.46. The van der Waals surface area contributed by atoms with Crippen molar-refractivity contribution in [3.8, 4) is 0 Å². The van der Waals surface area contributed by atoms with E-state index in [-0.39, 0.29) is 5.56 Å². The van der Waals surface area contributed by atoms with Crippen LogP contribution in [0.25, 0.3) is 0 Å². The lowest BCUT2D eigenvalue weighted by Gasteiger charge is -2.19. The molecule has 0 aliphatic carbocycles. The van der Waals surface area contributed by atoms with Crippen LogP contribution in [0, 0.1) is 6.92 Å². The summed E-state index contributed by atoms with van der Waals surface area (Å²) in [6.07, 6.45) is 2.20. The highest BCUT2D eigenvalue weighted by molar-refractivity contribution is 5.95. The van der Waals surface area contributed by atoms with E-state index in [1.54, 1.807) is 24.3 Å². The average Bonchev–Trinajstić information content (AvgIpc) is 2.52. The van der Waals surface area contributed by atoms with Gasteiger partial charge in [-0.15, -0.1) is 0 Å². The van der Waals surface area contributed by atoms with Crippen molar-refractivity contribution < 1.29 is 9.90 Å². The van der Waals surface area contributed by atoms with Gasteiger partial charge in [-0.05, 0) is 25.5 Å². The summed E-state index contributed by atoms with van der Waals surface area (Å²) in [5, 5.41) is 12.3. The van der Waals surface area contributed by atoms with Crippen molar-refractivity contribution in [3.63, 3.8) is 0 Å². The zero-order chi connectivity index (χ0) is 16.8. The van der Waals surface area contributed by atoms with Gasteiger partial charge in [-0.2, -0.15) is 0 Å². The molecule has 2 aromatic rings. The third kappa shape index (κ3) is 4.42. The molecule has 0 saturated carbocycles. The van der Waals surface area contributed by atoms with Gasteiger partial charge in [-0.3, -0.25) is 0 Å². The molecule has 1 aromatic heterocycles. The van der Waals surface area contributed by atoms with Crippen LogP contribution < -0.4 is 10.2 Å². The summed E-state index contributed by atoms with van der Waals surface area (Å²) >= 11 is 0. The van der Waals surface area contributed by atoms with Crippen LogP contribution in [0.2, 0.25) is 0 Å². The molecule has 0 saturated heterocycles. The Bertz CT molecular complexity index is 688. The molecular formula is C17H22N4O2. The molecule has 0 unspecified atom stereocenters. The van der Waals surface area contributed by atoms with E-state index in [2.05, 4.69) is 27.1 Å². The van der Waals surface area contributed by atoms with E-state index in [0.717, 1.165) is 25.2 Å². The maximum atomic E-state index is 11.3. The number of carboxylic acid groups (broad SMARTS) is 1. The van der Waals surface area contributed by atoms with Gasteiger partial charge in [0.1, 0.15) is 17.5 Å². The number of aromatic carboxylic acids is 1. The molecule has 122 valence electrons. The van der Waals surface area contributed by atoms with Gasteiger partial charge in [0.25, 0.3) is 0 Å². The van der Waals surface area contributed by atoms with Gasteiger partial charge in [-0.1, -0.05) is 25.5 Å². The molecule has 6 heteroatoms. The molecule has 2 rings (SSSR count). The molecule has 2 N–H and O–H groups in total. The van der Waals surface area contributed by atoms with E-state index in [1.165, 1.54) is 0 Å². The number of aryl methyl sites for hydroxylation is 1. The Morgan fingerprint density at radius 1 is 1.30 bits per heavy atom. The normalized spacial score (nSPS) is 10.4. The second kappa shape index (κ2) is 7.58. The molecule has 1 heterocycles.